The maximum atomic E-state index is 14.2. The number of pyridine rings is 1. The molecule has 1 atom stereocenters. The molecule has 1 unspecified atom stereocenters. The molecule has 3 rings (SSSR count). The van der Waals surface area contributed by atoms with Gasteiger partial charge in [0.05, 0.1) is 0 Å². The lowest BCUT2D eigenvalue weighted by atomic mass is 9.97. The normalized spacial score (nSPS) is 12.1. The summed E-state index contributed by atoms with van der Waals surface area (Å²) in [5.41, 5.74) is 3.35. The summed E-state index contributed by atoms with van der Waals surface area (Å²) in [6, 6.07) is 17.0. The molecule has 156 valence electrons. The Morgan fingerprint density at radius 2 is 1.77 bits per heavy atom. The summed E-state index contributed by atoms with van der Waals surface area (Å²) in [6.45, 7) is 6.56. The number of hydrogen-bond donors (Lipinski definition) is 1. The van der Waals surface area contributed by atoms with Gasteiger partial charge < -0.3 is 5.32 Å². The molecule has 0 aliphatic carbocycles. The van der Waals surface area contributed by atoms with Crippen molar-refractivity contribution in [3.63, 3.8) is 0 Å². The molecule has 30 heavy (non-hydrogen) atoms. The number of benzene rings is 2. The highest BCUT2D eigenvalue weighted by Gasteiger charge is 2.26. The first kappa shape index (κ1) is 22.1. The van der Waals surface area contributed by atoms with Crippen molar-refractivity contribution in [3.8, 4) is 11.1 Å². The second-order valence-corrected chi connectivity index (χ2v) is 8.20. The topological polar surface area (TPSA) is 24.9 Å². The van der Waals surface area contributed by atoms with Crippen LogP contribution in [0.15, 0.2) is 66.9 Å². The monoisotopic (exact) mass is 424 g/mol. The van der Waals surface area contributed by atoms with Crippen molar-refractivity contribution >= 4 is 14.9 Å². The molecular weight excluding hydrogens is 397 g/mol. The fourth-order valence-electron chi connectivity index (χ4n) is 3.18. The van der Waals surface area contributed by atoms with Crippen LogP contribution in [-0.2, 0) is 12.2 Å². The van der Waals surface area contributed by atoms with Gasteiger partial charge in [0.25, 0.3) is 5.66 Å². The molecule has 0 radical (unpaired) electrons. The molecule has 0 spiro atoms. The molecule has 2 aromatic carbocycles. The van der Waals surface area contributed by atoms with Crippen LogP contribution in [0.1, 0.15) is 41.3 Å². The van der Waals surface area contributed by atoms with Crippen LogP contribution in [0, 0.1) is 13.8 Å². The second kappa shape index (κ2) is 9.49. The van der Waals surface area contributed by atoms with Gasteiger partial charge in [-0.15, -0.1) is 0 Å². The first-order valence-corrected chi connectivity index (χ1v) is 10.6. The zero-order valence-electron chi connectivity index (χ0n) is 17.5. The van der Waals surface area contributed by atoms with Crippen LogP contribution >= 0.6 is 9.24 Å². The van der Waals surface area contributed by atoms with Gasteiger partial charge >= 0.3 is 0 Å². The predicted octanol–water partition coefficient (Wildman–Crippen LogP) is 6.83. The van der Waals surface area contributed by atoms with Crippen molar-refractivity contribution in [2.24, 2.45) is 0 Å². The molecule has 0 saturated carbocycles. The number of alkyl halides is 2. The van der Waals surface area contributed by atoms with Gasteiger partial charge in [-0.1, -0.05) is 58.1 Å². The van der Waals surface area contributed by atoms with E-state index in [0.717, 1.165) is 45.6 Å². The molecular formula is C25H27F2N2P. The Balaban J connectivity index is 1.99. The molecule has 1 heterocycles. The van der Waals surface area contributed by atoms with E-state index in [9.17, 15) is 8.78 Å². The van der Waals surface area contributed by atoms with Gasteiger partial charge in [-0.05, 0) is 66.8 Å². The lowest BCUT2D eigenvalue weighted by Crippen LogP contribution is -2.13. The molecule has 1 N–H and O–H groups in total. The third kappa shape index (κ3) is 5.73. The van der Waals surface area contributed by atoms with Gasteiger partial charge in [-0.2, -0.15) is 8.78 Å². The predicted molar refractivity (Wildman–Crippen MR) is 124 cm³/mol. The molecule has 5 heteroatoms. The fourth-order valence-corrected chi connectivity index (χ4v) is 3.35. The van der Waals surface area contributed by atoms with E-state index in [1.807, 2.05) is 75.5 Å². The molecule has 0 saturated heterocycles. The molecule has 2 nitrogen and oxygen atoms in total. The van der Waals surface area contributed by atoms with Crippen LogP contribution in [0.25, 0.3) is 16.8 Å². The van der Waals surface area contributed by atoms with Gasteiger partial charge in [-0.25, -0.2) is 0 Å². The number of rotatable bonds is 7. The van der Waals surface area contributed by atoms with Crippen LogP contribution in [-0.4, -0.2) is 4.98 Å². The third-order valence-corrected chi connectivity index (χ3v) is 5.21. The van der Waals surface area contributed by atoms with E-state index in [2.05, 4.69) is 10.3 Å². The number of halogens is 2. The molecule has 1 aromatic heterocycles. The van der Waals surface area contributed by atoms with Crippen LogP contribution < -0.4 is 5.32 Å². The maximum Gasteiger partial charge on any atom is 0.283 e. The number of allylic oxidation sites excluding steroid dienone is 1. The van der Waals surface area contributed by atoms with Crippen molar-refractivity contribution in [2.45, 2.75) is 39.4 Å². The van der Waals surface area contributed by atoms with Crippen molar-refractivity contribution in [1.82, 2.24) is 10.3 Å². The fraction of sp³-hybridized carbons (Fsp3) is 0.240. The summed E-state index contributed by atoms with van der Waals surface area (Å²) in [7, 11) is 1.65. The van der Waals surface area contributed by atoms with E-state index >= 15 is 0 Å². The summed E-state index contributed by atoms with van der Waals surface area (Å²) < 4.78 is 28.5. The van der Waals surface area contributed by atoms with Crippen LogP contribution in [0.2, 0.25) is 0 Å². The Hall–Kier alpha value is -2.58. The largest absolute Gasteiger partial charge is 0.381 e. The van der Waals surface area contributed by atoms with Crippen molar-refractivity contribution < 1.29 is 8.78 Å². The number of nitrogens with one attached hydrogen (secondary N) is 1. The maximum absolute atomic E-state index is 14.2. The molecule has 0 fully saturated rings. The SMILES string of the molecule is CC/C=C(/NCc1ccc(C)nc1)c1cc(-c2ccc(C)cc2)cc(C(F)(F)P)c1. The van der Waals surface area contributed by atoms with Crippen LogP contribution in [0.4, 0.5) is 8.78 Å². The zero-order valence-corrected chi connectivity index (χ0v) is 18.7. The van der Waals surface area contributed by atoms with Crippen LogP contribution in [0.3, 0.4) is 0 Å². The highest BCUT2D eigenvalue weighted by Crippen LogP contribution is 2.38. The standard InChI is InChI=1S/C25H27F2N2P/c1-4-5-24(29-16-19-9-8-18(3)28-15-19)22-12-21(13-23(14-22)25(26,27)30)20-10-6-17(2)7-11-20/h5-15,29H,4,16,30H2,1-3H3/b24-5+. The average Bonchev–Trinajstić information content (AvgIpc) is 2.72. The molecule has 0 bridgehead atoms. The molecule has 0 aliphatic heterocycles. The van der Waals surface area contributed by atoms with Gasteiger partial charge in [0.2, 0.25) is 0 Å². The highest BCUT2D eigenvalue weighted by atomic mass is 31.0. The lowest BCUT2D eigenvalue weighted by molar-refractivity contribution is 0.104. The van der Waals surface area contributed by atoms with E-state index in [0.29, 0.717) is 6.54 Å². The summed E-state index contributed by atoms with van der Waals surface area (Å²) in [4.78, 5) is 4.32. The van der Waals surface area contributed by atoms with Gasteiger partial charge in [-0.3, -0.25) is 4.98 Å². The Labute approximate surface area is 179 Å². The summed E-state index contributed by atoms with van der Waals surface area (Å²) >= 11 is 0. The van der Waals surface area contributed by atoms with E-state index < -0.39 is 5.66 Å². The number of hydrogen-bond acceptors (Lipinski definition) is 2. The molecule has 0 amide bonds. The smallest absolute Gasteiger partial charge is 0.283 e. The zero-order chi connectivity index (χ0) is 21.7. The third-order valence-electron chi connectivity index (χ3n) is 4.88. The van der Waals surface area contributed by atoms with Gasteiger partial charge in [0.1, 0.15) is 0 Å². The quantitative estimate of drug-likeness (QED) is 0.421. The summed E-state index contributed by atoms with van der Waals surface area (Å²) in [5.74, 6) is 0. The van der Waals surface area contributed by atoms with Gasteiger partial charge in [0, 0.05) is 29.7 Å². The number of aromatic nitrogens is 1. The van der Waals surface area contributed by atoms with E-state index in [-0.39, 0.29) is 5.56 Å². The minimum Gasteiger partial charge on any atom is -0.381 e. The van der Waals surface area contributed by atoms with Crippen molar-refractivity contribution in [1.29, 1.82) is 0 Å². The van der Waals surface area contributed by atoms with E-state index in [1.165, 1.54) is 0 Å². The minimum atomic E-state index is -3.01. The minimum absolute atomic E-state index is 0.0265. The Morgan fingerprint density at radius 1 is 1.03 bits per heavy atom. The first-order valence-electron chi connectivity index (χ1n) is 10.0. The lowest BCUT2D eigenvalue weighted by Gasteiger charge is -2.18. The molecule has 3 aromatic rings. The van der Waals surface area contributed by atoms with Crippen molar-refractivity contribution in [2.75, 3.05) is 0 Å². The second-order valence-electron chi connectivity index (χ2n) is 7.48. The average molecular weight is 424 g/mol. The Bertz CT molecular complexity index is 1020. The van der Waals surface area contributed by atoms with Crippen LogP contribution in [0.5, 0.6) is 0 Å². The van der Waals surface area contributed by atoms with Gasteiger partial charge in [0.15, 0.2) is 0 Å². The number of aryl methyl sites for hydroxylation is 2. The Morgan fingerprint density at radius 3 is 2.37 bits per heavy atom. The summed E-state index contributed by atoms with van der Waals surface area (Å²) in [6.07, 6.45) is 4.65. The molecule has 0 aliphatic rings. The Kier molecular flexibility index (Phi) is 6.99. The first-order chi connectivity index (χ1) is 14.3. The summed E-state index contributed by atoms with van der Waals surface area (Å²) in [5, 5.41) is 3.41. The highest BCUT2D eigenvalue weighted by molar-refractivity contribution is 7.17. The number of nitrogens with zero attached hydrogens (tertiary/aromatic N) is 1. The van der Waals surface area contributed by atoms with E-state index in [1.54, 1.807) is 21.4 Å². The van der Waals surface area contributed by atoms with E-state index in [4.69, 9.17) is 0 Å². The van der Waals surface area contributed by atoms with Crippen molar-refractivity contribution in [3.05, 3.63) is 94.8 Å².